The molecule has 86 valence electrons. The number of halogens is 4. The number of carbonyl (C=O) groups excluding carboxylic acids is 1. The fraction of sp³-hybridized carbons (Fsp3) is 0.300. The number of nitrogens with one attached hydrogen (secondary N) is 1. The van der Waals surface area contributed by atoms with E-state index in [1.165, 1.54) is 0 Å². The van der Waals surface area contributed by atoms with Gasteiger partial charge in [-0.05, 0) is 12.8 Å². The van der Waals surface area contributed by atoms with E-state index in [-0.39, 0.29) is 12.1 Å². The van der Waals surface area contributed by atoms with E-state index in [1.807, 2.05) is 0 Å². The van der Waals surface area contributed by atoms with E-state index in [1.54, 1.807) is 0 Å². The fourth-order valence-electron chi connectivity index (χ4n) is 1.26. The van der Waals surface area contributed by atoms with Crippen molar-refractivity contribution in [2.45, 2.75) is 18.9 Å². The summed E-state index contributed by atoms with van der Waals surface area (Å²) in [6, 6.07) is -0.0869. The summed E-state index contributed by atoms with van der Waals surface area (Å²) in [4.78, 5) is 11.3. The molecule has 2 nitrogen and oxygen atoms in total. The van der Waals surface area contributed by atoms with Gasteiger partial charge in [-0.2, -0.15) is 0 Å². The lowest BCUT2D eigenvalue weighted by molar-refractivity contribution is 0.0940. The standard InChI is InChI=1S/C10H7F4NO/c11-5-3-6(12)9(14)7(8(5)13)10(16)15-4-1-2-4/h3-4H,1-2H2,(H,15,16). The predicted octanol–water partition coefficient (Wildman–Crippen LogP) is 2.14. The Morgan fingerprint density at radius 2 is 1.62 bits per heavy atom. The van der Waals surface area contributed by atoms with Gasteiger partial charge in [0.2, 0.25) is 0 Å². The highest BCUT2D eigenvalue weighted by atomic mass is 19.2. The molecule has 0 radical (unpaired) electrons. The lowest BCUT2D eigenvalue weighted by atomic mass is 10.1. The summed E-state index contributed by atoms with van der Waals surface area (Å²) >= 11 is 0. The summed E-state index contributed by atoms with van der Waals surface area (Å²) in [7, 11) is 0. The summed E-state index contributed by atoms with van der Waals surface area (Å²) in [5.74, 6) is -7.63. The van der Waals surface area contributed by atoms with Crippen LogP contribution in [0.25, 0.3) is 0 Å². The molecule has 0 aliphatic heterocycles. The van der Waals surface area contributed by atoms with Crippen molar-refractivity contribution >= 4 is 5.91 Å². The molecule has 2 rings (SSSR count). The number of carbonyl (C=O) groups is 1. The first-order valence-electron chi connectivity index (χ1n) is 4.64. The second-order valence-electron chi connectivity index (χ2n) is 3.59. The van der Waals surface area contributed by atoms with Gasteiger partial charge in [-0.1, -0.05) is 0 Å². The molecule has 0 spiro atoms. The minimum atomic E-state index is -1.67. The topological polar surface area (TPSA) is 29.1 Å². The van der Waals surface area contributed by atoms with Gasteiger partial charge in [-0.15, -0.1) is 0 Å². The molecule has 1 amide bonds. The fourth-order valence-corrected chi connectivity index (χ4v) is 1.26. The van der Waals surface area contributed by atoms with Crippen LogP contribution in [-0.4, -0.2) is 11.9 Å². The summed E-state index contributed by atoms with van der Waals surface area (Å²) in [5, 5.41) is 2.25. The Morgan fingerprint density at radius 1 is 1.12 bits per heavy atom. The molecule has 0 aromatic heterocycles. The number of hydrogen-bond acceptors (Lipinski definition) is 1. The molecule has 1 aliphatic carbocycles. The van der Waals surface area contributed by atoms with E-state index in [0.717, 1.165) is 0 Å². The molecule has 1 aromatic carbocycles. The van der Waals surface area contributed by atoms with Gasteiger partial charge < -0.3 is 5.32 Å². The van der Waals surface area contributed by atoms with Crippen LogP contribution in [0.3, 0.4) is 0 Å². The lowest BCUT2D eigenvalue weighted by Gasteiger charge is -2.07. The maximum Gasteiger partial charge on any atom is 0.257 e. The summed E-state index contributed by atoms with van der Waals surface area (Å²) in [5.41, 5.74) is -1.20. The van der Waals surface area contributed by atoms with Gasteiger partial charge in [0.25, 0.3) is 5.91 Å². The summed E-state index contributed by atoms with van der Waals surface area (Å²) in [6.07, 6.45) is 1.40. The third kappa shape index (κ3) is 1.87. The number of amides is 1. The third-order valence-corrected chi connectivity index (χ3v) is 2.25. The van der Waals surface area contributed by atoms with Crippen molar-refractivity contribution < 1.29 is 22.4 Å². The SMILES string of the molecule is O=C(NC1CC1)c1c(F)c(F)cc(F)c1F. The highest BCUT2D eigenvalue weighted by molar-refractivity contribution is 5.95. The van der Waals surface area contributed by atoms with Gasteiger partial charge in [0.15, 0.2) is 23.3 Å². The molecule has 1 aliphatic rings. The van der Waals surface area contributed by atoms with E-state index in [4.69, 9.17) is 0 Å². The van der Waals surface area contributed by atoms with Crippen LogP contribution in [0.5, 0.6) is 0 Å². The third-order valence-electron chi connectivity index (χ3n) is 2.25. The van der Waals surface area contributed by atoms with Crippen molar-refractivity contribution in [3.05, 3.63) is 34.9 Å². The first-order valence-corrected chi connectivity index (χ1v) is 4.64. The maximum absolute atomic E-state index is 13.1. The lowest BCUT2D eigenvalue weighted by Crippen LogP contribution is -2.28. The van der Waals surface area contributed by atoms with Gasteiger partial charge in [-0.3, -0.25) is 4.79 Å². The van der Waals surface area contributed by atoms with Crippen molar-refractivity contribution in [3.8, 4) is 0 Å². The van der Waals surface area contributed by atoms with Crippen molar-refractivity contribution in [2.24, 2.45) is 0 Å². The highest BCUT2D eigenvalue weighted by Gasteiger charge is 2.29. The Kier molecular flexibility index (Phi) is 2.57. The molecule has 0 saturated heterocycles. The zero-order valence-corrected chi connectivity index (χ0v) is 7.99. The molecule has 1 fully saturated rings. The molecule has 0 unspecified atom stereocenters. The number of benzene rings is 1. The average Bonchev–Trinajstić information content (AvgIpc) is 2.99. The van der Waals surface area contributed by atoms with Crippen molar-refractivity contribution in [3.63, 3.8) is 0 Å². The minimum absolute atomic E-state index is 0.0680. The van der Waals surface area contributed by atoms with Crippen LogP contribution >= 0.6 is 0 Å². The second kappa shape index (κ2) is 3.77. The molecule has 0 bridgehead atoms. The minimum Gasteiger partial charge on any atom is -0.349 e. The van der Waals surface area contributed by atoms with Crippen LogP contribution in [0.4, 0.5) is 17.6 Å². The predicted molar refractivity (Wildman–Crippen MR) is 46.8 cm³/mol. The van der Waals surface area contributed by atoms with E-state index in [9.17, 15) is 22.4 Å². The van der Waals surface area contributed by atoms with Crippen LogP contribution in [0.15, 0.2) is 6.07 Å². The Bertz CT molecular complexity index is 430. The molecule has 1 aromatic rings. The molecule has 0 heterocycles. The molecule has 0 atom stereocenters. The molecule has 6 heteroatoms. The van der Waals surface area contributed by atoms with Crippen molar-refractivity contribution in [2.75, 3.05) is 0 Å². The molecule has 1 N–H and O–H groups in total. The largest absolute Gasteiger partial charge is 0.349 e. The van der Waals surface area contributed by atoms with Crippen molar-refractivity contribution in [1.29, 1.82) is 0 Å². The first-order chi connectivity index (χ1) is 7.50. The maximum atomic E-state index is 13.1. The molecular weight excluding hydrogens is 226 g/mol. The molecular formula is C10H7F4NO. The Labute approximate surface area is 88.3 Å². The van der Waals surface area contributed by atoms with E-state index in [2.05, 4.69) is 5.32 Å². The summed E-state index contributed by atoms with van der Waals surface area (Å²) in [6.45, 7) is 0. The number of rotatable bonds is 2. The monoisotopic (exact) mass is 233 g/mol. The Morgan fingerprint density at radius 3 is 2.06 bits per heavy atom. The molecule has 1 saturated carbocycles. The Balaban J connectivity index is 2.40. The van der Waals surface area contributed by atoms with Crippen LogP contribution in [0.2, 0.25) is 0 Å². The number of hydrogen-bond donors (Lipinski definition) is 1. The quantitative estimate of drug-likeness (QED) is 0.615. The van der Waals surface area contributed by atoms with E-state index < -0.39 is 34.7 Å². The highest BCUT2D eigenvalue weighted by Crippen LogP contribution is 2.22. The van der Waals surface area contributed by atoms with Crippen LogP contribution in [-0.2, 0) is 0 Å². The van der Waals surface area contributed by atoms with Gasteiger partial charge >= 0.3 is 0 Å². The zero-order chi connectivity index (χ0) is 11.9. The van der Waals surface area contributed by atoms with Crippen LogP contribution in [0, 0.1) is 23.3 Å². The smallest absolute Gasteiger partial charge is 0.257 e. The van der Waals surface area contributed by atoms with Gasteiger partial charge in [0.05, 0.1) is 0 Å². The Hall–Kier alpha value is -1.59. The van der Waals surface area contributed by atoms with Gasteiger partial charge in [0, 0.05) is 12.1 Å². The second-order valence-corrected chi connectivity index (χ2v) is 3.59. The van der Waals surface area contributed by atoms with E-state index >= 15 is 0 Å². The molecule has 16 heavy (non-hydrogen) atoms. The zero-order valence-electron chi connectivity index (χ0n) is 7.99. The van der Waals surface area contributed by atoms with Gasteiger partial charge in [-0.25, -0.2) is 17.6 Å². The van der Waals surface area contributed by atoms with Crippen LogP contribution < -0.4 is 5.32 Å². The normalized spacial score (nSPS) is 15.0. The first kappa shape index (κ1) is 10.9. The average molecular weight is 233 g/mol. The van der Waals surface area contributed by atoms with Crippen LogP contribution in [0.1, 0.15) is 23.2 Å². The van der Waals surface area contributed by atoms with Gasteiger partial charge in [0.1, 0.15) is 5.56 Å². The van der Waals surface area contributed by atoms with Crippen molar-refractivity contribution in [1.82, 2.24) is 5.32 Å². The van der Waals surface area contributed by atoms with E-state index in [0.29, 0.717) is 12.8 Å². The summed E-state index contributed by atoms with van der Waals surface area (Å²) < 4.78 is 51.8.